The Kier molecular flexibility index (Phi) is 11.1. The molecule has 4 aromatic rings. The van der Waals surface area contributed by atoms with Crippen LogP contribution in [0.5, 0.6) is 5.75 Å². The van der Waals surface area contributed by atoms with Gasteiger partial charge in [-0.15, -0.1) is 0 Å². The lowest BCUT2D eigenvalue weighted by molar-refractivity contribution is -0.145. The highest BCUT2D eigenvalue weighted by Crippen LogP contribution is 2.39. The second-order valence-corrected chi connectivity index (χ2v) is 12.2. The number of likely N-dealkylation sites (N-methyl/N-ethyl adjacent to an activating group) is 1. The molecule has 0 bridgehead atoms. The fourth-order valence-electron chi connectivity index (χ4n) is 6.21. The van der Waals surface area contributed by atoms with Gasteiger partial charge in [-0.1, -0.05) is 104 Å². The fourth-order valence-corrected chi connectivity index (χ4v) is 6.21. The number of carbonyl (C=O) groups excluding carboxylic acids is 1. The van der Waals surface area contributed by atoms with Crippen LogP contribution in [-0.2, 0) is 21.6 Å². The van der Waals surface area contributed by atoms with E-state index in [1.54, 1.807) is 4.90 Å². The molecule has 1 aliphatic heterocycles. The fraction of sp³-hybridized carbons (Fsp3) is 0.300. The Labute approximate surface area is 278 Å². The van der Waals surface area contributed by atoms with E-state index in [9.17, 15) is 14.7 Å². The van der Waals surface area contributed by atoms with Crippen LogP contribution in [0.4, 0.5) is 4.79 Å². The van der Waals surface area contributed by atoms with Gasteiger partial charge in [0.2, 0.25) is 0 Å². The Morgan fingerprint density at radius 1 is 0.787 bits per heavy atom. The van der Waals surface area contributed by atoms with Crippen LogP contribution in [0.2, 0.25) is 0 Å². The van der Waals surface area contributed by atoms with E-state index >= 15 is 0 Å². The summed E-state index contributed by atoms with van der Waals surface area (Å²) in [7, 11) is 4.05. The van der Waals surface area contributed by atoms with Gasteiger partial charge in [-0.05, 0) is 84.5 Å². The number of carbonyl (C=O) groups is 2. The average molecular weight is 633 g/mol. The summed E-state index contributed by atoms with van der Waals surface area (Å²) in [4.78, 5) is 29.3. The highest BCUT2D eigenvalue weighted by molar-refractivity contribution is 5.98. The van der Waals surface area contributed by atoms with Crippen molar-refractivity contribution < 1.29 is 24.2 Å². The van der Waals surface area contributed by atoms with Crippen molar-refractivity contribution in [3.63, 3.8) is 0 Å². The summed E-state index contributed by atoms with van der Waals surface area (Å²) in [6.45, 7) is 4.41. The first-order valence-electron chi connectivity index (χ1n) is 16.3. The summed E-state index contributed by atoms with van der Waals surface area (Å²) in [6, 6.07) is 36.1. The van der Waals surface area contributed by atoms with E-state index in [-0.39, 0.29) is 6.61 Å². The third-order valence-corrected chi connectivity index (χ3v) is 8.94. The van der Waals surface area contributed by atoms with Crippen molar-refractivity contribution in [2.24, 2.45) is 0 Å². The molecule has 5 rings (SSSR count). The molecular formula is C40H44N2O5. The monoisotopic (exact) mass is 632 g/mol. The molecule has 0 aliphatic carbocycles. The number of nitrogens with zero attached hydrogens (tertiary/aromatic N) is 2. The minimum Gasteiger partial charge on any atom is -0.492 e. The number of piperidine rings is 1. The molecule has 47 heavy (non-hydrogen) atoms. The van der Waals surface area contributed by atoms with E-state index in [4.69, 9.17) is 9.47 Å². The molecule has 0 saturated carbocycles. The smallest absolute Gasteiger partial charge is 0.410 e. The molecule has 244 valence electrons. The van der Waals surface area contributed by atoms with Crippen molar-refractivity contribution in [2.75, 3.05) is 40.3 Å². The van der Waals surface area contributed by atoms with Crippen molar-refractivity contribution in [2.45, 2.75) is 38.2 Å². The van der Waals surface area contributed by atoms with E-state index in [1.165, 1.54) is 5.57 Å². The molecule has 7 heteroatoms. The Hall–Kier alpha value is -4.88. The summed E-state index contributed by atoms with van der Waals surface area (Å²) < 4.78 is 11.5. The molecule has 7 nitrogen and oxygen atoms in total. The number of hydrogen-bond acceptors (Lipinski definition) is 5. The maximum Gasteiger partial charge on any atom is 0.410 e. The third kappa shape index (κ3) is 8.10. The quantitative estimate of drug-likeness (QED) is 0.161. The van der Waals surface area contributed by atoms with Gasteiger partial charge in [-0.3, -0.25) is 4.79 Å². The predicted molar refractivity (Wildman–Crippen MR) is 186 cm³/mol. The molecule has 4 aromatic carbocycles. The van der Waals surface area contributed by atoms with Gasteiger partial charge < -0.3 is 24.4 Å². The Bertz CT molecular complexity index is 1640. The highest BCUT2D eigenvalue weighted by Gasteiger charge is 2.44. The highest BCUT2D eigenvalue weighted by atomic mass is 16.6. The first kappa shape index (κ1) is 33.5. The Morgan fingerprint density at radius 3 is 1.91 bits per heavy atom. The number of aliphatic carboxylic acids is 1. The van der Waals surface area contributed by atoms with E-state index in [1.807, 2.05) is 99.0 Å². The molecule has 0 aromatic heterocycles. The molecular weight excluding hydrogens is 588 g/mol. The van der Waals surface area contributed by atoms with Crippen molar-refractivity contribution in [3.05, 3.63) is 137 Å². The zero-order chi connectivity index (χ0) is 33.2. The van der Waals surface area contributed by atoms with Crippen molar-refractivity contribution in [1.29, 1.82) is 0 Å². The SMILES string of the molecule is CCC(=C(c1ccc(OCCN(C)C)cc1)c1ccc(C2(C(=O)O)CCN(C(=O)OCc3ccccc3)CC2)cc1)c1ccccc1. The van der Waals surface area contributed by atoms with Crippen molar-refractivity contribution in [1.82, 2.24) is 9.80 Å². The normalized spacial score (nSPS) is 14.8. The summed E-state index contributed by atoms with van der Waals surface area (Å²) in [6.07, 6.45) is 1.02. The summed E-state index contributed by atoms with van der Waals surface area (Å²) in [5.74, 6) is -0.0524. The van der Waals surface area contributed by atoms with Crippen molar-refractivity contribution >= 4 is 23.2 Å². The minimum atomic E-state index is -1.09. The van der Waals surface area contributed by atoms with Gasteiger partial charge in [0.25, 0.3) is 0 Å². The van der Waals surface area contributed by atoms with Gasteiger partial charge in [-0.2, -0.15) is 0 Å². The van der Waals surface area contributed by atoms with E-state index in [0.29, 0.717) is 32.5 Å². The van der Waals surface area contributed by atoms with E-state index in [0.717, 1.165) is 52.1 Å². The number of hydrogen-bond donors (Lipinski definition) is 1. The number of rotatable bonds is 12. The molecule has 1 fully saturated rings. The Morgan fingerprint density at radius 2 is 1.36 bits per heavy atom. The molecule has 1 N–H and O–H groups in total. The largest absolute Gasteiger partial charge is 0.492 e. The maximum absolute atomic E-state index is 12.8. The maximum atomic E-state index is 12.8. The van der Waals surface area contributed by atoms with Crippen LogP contribution < -0.4 is 4.74 Å². The molecule has 0 atom stereocenters. The first-order chi connectivity index (χ1) is 22.8. The van der Waals surface area contributed by atoms with Crippen LogP contribution in [0.25, 0.3) is 11.1 Å². The van der Waals surface area contributed by atoms with Gasteiger partial charge >= 0.3 is 12.1 Å². The predicted octanol–water partition coefficient (Wildman–Crippen LogP) is 7.75. The lowest BCUT2D eigenvalue weighted by atomic mass is 9.72. The number of benzene rings is 4. The number of ether oxygens (including phenoxy) is 2. The second kappa shape index (κ2) is 15.6. The van der Waals surface area contributed by atoms with Crippen LogP contribution in [0.1, 0.15) is 54.0 Å². The number of carboxylic acid groups (broad SMARTS) is 1. The number of amides is 1. The summed E-state index contributed by atoms with van der Waals surface area (Å²) in [5.41, 5.74) is 6.10. The molecule has 0 radical (unpaired) electrons. The van der Waals surface area contributed by atoms with Gasteiger partial charge in [0, 0.05) is 19.6 Å². The van der Waals surface area contributed by atoms with Gasteiger partial charge in [0.05, 0.1) is 5.41 Å². The van der Waals surface area contributed by atoms with Crippen LogP contribution >= 0.6 is 0 Å². The van der Waals surface area contributed by atoms with Gasteiger partial charge in [0.1, 0.15) is 19.0 Å². The average Bonchev–Trinajstić information content (AvgIpc) is 3.10. The molecule has 1 saturated heterocycles. The van der Waals surface area contributed by atoms with Crippen molar-refractivity contribution in [3.8, 4) is 5.75 Å². The van der Waals surface area contributed by atoms with Crippen LogP contribution in [0.15, 0.2) is 109 Å². The topological polar surface area (TPSA) is 79.3 Å². The molecule has 0 spiro atoms. The first-order valence-corrected chi connectivity index (χ1v) is 16.3. The minimum absolute atomic E-state index is 0.187. The zero-order valence-corrected chi connectivity index (χ0v) is 27.5. The van der Waals surface area contributed by atoms with E-state index in [2.05, 4.69) is 36.1 Å². The standard InChI is InChI=1S/C40H44N2O5/c1-4-36(31-13-9-6-10-14-31)37(33-17-21-35(22-18-33)46-28-27-41(2)3)32-15-19-34(20-16-32)40(38(43)44)23-25-42(26-24-40)39(45)47-29-30-11-7-5-8-12-30/h5-22H,4,23-29H2,1-3H3,(H,43,44). The lowest BCUT2D eigenvalue weighted by Crippen LogP contribution is -2.49. The Balaban J connectivity index is 1.39. The third-order valence-electron chi connectivity index (χ3n) is 8.94. The van der Waals surface area contributed by atoms with E-state index < -0.39 is 17.5 Å². The number of likely N-dealkylation sites (tertiary alicyclic amines) is 1. The molecule has 0 unspecified atom stereocenters. The molecule has 1 amide bonds. The van der Waals surface area contributed by atoms with Crippen LogP contribution in [-0.4, -0.2) is 67.3 Å². The molecule has 1 heterocycles. The van der Waals surface area contributed by atoms with Gasteiger partial charge in [-0.25, -0.2) is 4.79 Å². The molecule has 1 aliphatic rings. The summed E-state index contributed by atoms with van der Waals surface area (Å²) >= 11 is 0. The zero-order valence-electron chi connectivity index (χ0n) is 27.5. The summed E-state index contributed by atoms with van der Waals surface area (Å²) in [5, 5.41) is 10.5. The number of allylic oxidation sites excluding steroid dienone is 1. The number of carboxylic acids is 1. The van der Waals surface area contributed by atoms with Crippen LogP contribution in [0.3, 0.4) is 0 Å². The van der Waals surface area contributed by atoms with Crippen LogP contribution in [0, 0.1) is 0 Å². The lowest BCUT2D eigenvalue weighted by Gasteiger charge is -2.38. The van der Waals surface area contributed by atoms with Gasteiger partial charge in [0.15, 0.2) is 0 Å². The second-order valence-electron chi connectivity index (χ2n) is 12.2.